The van der Waals surface area contributed by atoms with Crippen LogP contribution < -0.4 is 0 Å². The molecule has 4 N–H and O–H groups in total. The molecule has 2 heterocycles. The van der Waals surface area contributed by atoms with E-state index in [0.717, 1.165) is 33.9 Å². The highest BCUT2D eigenvalue weighted by Crippen LogP contribution is 2.37. The van der Waals surface area contributed by atoms with Crippen LogP contribution in [0.15, 0.2) is 103 Å². The van der Waals surface area contributed by atoms with Gasteiger partial charge in [0.25, 0.3) is 0 Å². The number of aliphatic hydroxyl groups excluding tert-OH is 4. The number of hydrogen-bond donors (Lipinski definition) is 4. The fourth-order valence-electron chi connectivity index (χ4n) is 7.61. The molecule has 0 aromatic heterocycles. The molecule has 2 aliphatic rings. The van der Waals surface area contributed by atoms with E-state index in [2.05, 4.69) is 24.3 Å². The first-order valence-electron chi connectivity index (χ1n) is 20.0. The minimum absolute atomic E-state index is 0.171. The van der Waals surface area contributed by atoms with Gasteiger partial charge in [0, 0.05) is 31.5 Å². The van der Waals surface area contributed by atoms with Crippen molar-refractivity contribution < 1.29 is 53.6 Å². The number of fused-ring (bicyclic) bond motifs is 1. The first kappa shape index (κ1) is 42.7. The molecular formula is C45H57NO11. The smallest absolute Gasteiger partial charge is 0.410 e. The highest BCUT2D eigenvalue weighted by Gasteiger charge is 2.52. The SMILES string of the molecule is CC1C(CO)OC(OC2C(O)C(OCCCCCN(Cc3ccccc3)C(=O)OCc3ccccc3)OC2[C@H](O)CO)C(C)C1OCc1ccc2ccccc2c1. The Bertz CT molecular complexity index is 1800. The van der Waals surface area contributed by atoms with Crippen LogP contribution in [0.3, 0.4) is 0 Å². The largest absolute Gasteiger partial charge is 0.445 e. The van der Waals surface area contributed by atoms with E-state index in [9.17, 15) is 25.2 Å². The van der Waals surface area contributed by atoms with Crippen molar-refractivity contribution in [1.29, 1.82) is 0 Å². The van der Waals surface area contributed by atoms with E-state index in [1.54, 1.807) is 4.90 Å². The van der Waals surface area contributed by atoms with Crippen molar-refractivity contribution in [3.8, 4) is 0 Å². The van der Waals surface area contributed by atoms with E-state index < -0.39 is 49.7 Å². The van der Waals surface area contributed by atoms with Gasteiger partial charge in [-0.25, -0.2) is 4.79 Å². The molecule has 10 atom stereocenters. The zero-order chi connectivity index (χ0) is 40.1. The van der Waals surface area contributed by atoms with Gasteiger partial charge in [-0.1, -0.05) is 111 Å². The van der Waals surface area contributed by atoms with Crippen molar-refractivity contribution in [1.82, 2.24) is 4.90 Å². The zero-order valence-corrected chi connectivity index (χ0v) is 32.8. The van der Waals surface area contributed by atoms with Gasteiger partial charge in [0.2, 0.25) is 0 Å². The summed E-state index contributed by atoms with van der Waals surface area (Å²) in [6, 6.07) is 33.6. The molecule has 9 unspecified atom stereocenters. The van der Waals surface area contributed by atoms with Crippen LogP contribution >= 0.6 is 0 Å². The van der Waals surface area contributed by atoms with Gasteiger partial charge in [-0.3, -0.25) is 0 Å². The maximum atomic E-state index is 13.1. The lowest BCUT2D eigenvalue weighted by atomic mass is 9.85. The van der Waals surface area contributed by atoms with Crippen molar-refractivity contribution in [2.45, 2.75) is 102 Å². The van der Waals surface area contributed by atoms with Gasteiger partial charge < -0.3 is 53.7 Å². The number of hydrogen-bond acceptors (Lipinski definition) is 11. The Labute approximate surface area is 334 Å². The minimum Gasteiger partial charge on any atom is -0.445 e. The molecule has 0 aliphatic carbocycles. The van der Waals surface area contributed by atoms with E-state index >= 15 is 0 Å². The van der Waals surface area contributed by atoms with Crippen LogP contribution in [0.5, 0.6) is 0 Å². The van der Waals surface area contributed by atoms with Crippen molar-refractivity contribution >= 4 is 16.9 Å². The predicted octanol–water partition coefficient (Wildman–Crippen LogP) is 5.56. The lowest BCUT2D eigenvalue weighted by Gasteiger charge is -2.45. The van der Waals surface area contributed by atoms with Crippen molar-refractivity contribution in [2.24, 2.45) is 11.8 Å². The van der Waals surface area contributed by atoms with E-state index in [1.165, 1.54) is 0 Å². The van der Waals surface area contributed by atoms with Crippen molar-refractivity contribution in [3.63, 3.8) is 0 Å². The van der Waals surface area contributed by atoms with Crippen molar-refractivity contribution in [2.75, 3.05) is 26.4 Å². The third-order valence-electron chi connectivity index (χ3n) is 10.9. The third kappa shape index (κ3) is 11.4. The van der Waals surface area contributed by atoms with Gasteiger partial charge in [0.05, 0.1) is 32.0 Å². The molecule has 12 heteroatoms. The Morgan fingerprint density at radius 2 is 1.44 bits per heavy atom. The van der Waals surface area contributed by atoms with Crippen molar-refractivity contribution in [3.05, 3.63) is 120 Å². The fraction of sp³-hybridized carbons (Fsp3) is 0.489. The summed E-state index contributed by atoms with van der Waals surface area (Å²) < 4.78 is 36.6. The molecule has 308 valence electrons. The Balaban J connectivity index is 1.01. The molecule has 1 amide bonds. The lowest BCUT2D eigenvalue weighted by molar-refractivity contribution is -0.298. The summed E-state index contributed by atoms with van der Waals surface area (Å²) in [5.74, 6) is -0.505. The second kappa shape index (κ2) is 21.2. The number of carbonyl (C=O) groups excluding carboxylic acids is 1. The highest BCUT2D eigenvalue weighted by molar-refractivity contribution is 5.82. The summed E-state index contributed by atoms with van der Waals surface area (Å²) in [6.45, 7) is 4.67. The number of rotatable bonds is 19. The number of ether oxygens (including phenoxy) is 6. The normalized spacial score (nSPS) is 26.7. The number of amides is 1. The minimum atomic E-state index is -1.36. The predicted molar refractivity (Wildman–Crippen MR) is 213 cm³/mol. The first-order valence-corrected chi connectivity index (χ1v) is 20.0. The second-order valence-corrected chi connectivity index (χ2v) is 15.1. The number of benzene rings is 4. The molecule has 0 radical (unpaired) electrons. The molecule has 2 saturated heterocycles. The van der Waals surface area contributed by atoms with Gasteiger partial charge in [-0.05, 0) is 52.8 Å². The van der Waals surface area contributed by atoms with Gasteiger partial charge in [0.1, 0.15) is 31.0 Å². The van der Waals surface area contributed by atoms with Gasteiger partial charge in [0.15, 0.2) is 12.6 Å². The van der Waals surface area contributed by atoms with Gasteiger partial charge in [-0.2, -0.15) is 0 Å². The molecule has 12 nitrogen and oxygen atoms in total. The number of unbranched alkanes of at least 4 members (excludes halogenated alkanes) is 2. The first-order chi connectivity index (χ1) is 27.7. The van der Waals surface area contributed by atoms with Crippen LogP contribution in [0.2, 0.25) is 0 Å². The van der Waals surface area contributed by atoms with E-state index in [-0.39, 0.29) is 43.9 Å². The molecule has 6 rings (SSSR count). The molecule has 2 aliphatic heterocycles. The highest BCUT2D eigenvalue weighted by atomic mass is 16.7. The maximum Gasteiger partial charge on any atom is 0.410 e. The number of carbonyl (C=O) groups is 1. The van der Waals surface area contributed by atoms with Gasteiger partial charge in [-0.15, -0.1) is 0 Å². The molecule has 0 spiro atoms. The summed E-state index contributed by atoms with van der Waals surface area (Å²) in [6.07, 6.45) is -6.27. The average Bonchev–Trinajstić information content (AvgIpc) is 3.55. The van der Waals surface area contributed by atoms with Crippen LogP contribution in [0.4, 0.5) is 4.79 Å². The molecule has 4 aromatic rings. The summed E-state index contributed by atoms with van der Waals surface area (Å²) >= 11 is 0. The standard InChI is InChI=1S/C45H57NO11/c1-30-38(27-48)55-43(31(2)40(30)53-29-34-20-21-35-18-10-11-19-36(35)24-34)57-42-39(50)44(56-41(42)37(49)26-47)52-23-13-5-12-22-46(25-32-14-6-3-7-15-32)45(51)54-28-33-16-8-4-9-17-33/h3-4,6-11,14-21,24,30-31,37-44,47-50H,5,12-13,22-23,25-29H2,1-2H3/t30?,31?,37-,38?,39?,40?,41?,42?,43?,44?/m1/s1. The van der Waals surface area contributed by atoms with E-state index in [4.69, 9.17) is 28.4 Å². The van der Waals surface area contributed by atoms with E-state index in [1.807, 2.05) is 92.7 Å². The number of aliphatic hydroxyl groups is 4. The molecule has 4 aromatic carbocycles. The zero-order valence-electron chi connectivity index (χ0n) is 32.8. The summed E-state index contributed by atoms with van der Waals surface area (Å²) in [4.78, 5) is 14.8. The van der Waals surface area contributed by atoms with Gasteiger partial charge >= 0.3 is 6.09 Å². The monoisotopic (exact) mass is 787 g/mol. The molecular weight excluding hydrogens is 730 g/mol. The maximum absolute atomic E-state index is 13.1. The summed E-state index contributed by atoms with van der Waals surface area (Å²) in [7, 11) is 0. The molecule has 57 heavy (non-hydrogen) atoms. The fourth-order valence-corrected chi connectivity index (χ4v) is 7.61. The Kier molecular flexibility index (Phi) is 15.8. The summed E-state index contributed by atoms with van der Waals surface area (Å²) in [5.41, 5.74) is 2.92. The third-order valence-corrected chi connectivity index (χ3v) is 10.9. The molecule has 0 saturated carbocycles. The lowest BCUT2D eigenvalue weighted by Crippen LogP contribution is -2.55. The average molecular weight is 788 g/mol. The molecule has 0 bridgehead atoms. The van der Waals surface area contributed by atoms with Crippen LogP contribution in [0.1, 0.15) is 49.8 Å². The van der Waals surface area contributed by atoms with Crippen LogP contribution in [-0.4, -0.2) is 107 Å². The quantitative estimate of drug-likeness (QED) is 0.0883. The topological polar surface area (TPSA) is 157 Å². The van der Waals surface area contributed by atoms with Crippen LogP contribution in [0.25, 0.3) is 10.8 Å². The second-order valence-electron chi connectivity index (χ2n) is 15.1. The molecule has 2 fully saturated rings. The Hall–Kier alpha value is -3.95. The number of nitrogens with zero attached hydrogens (tertiary/aromatic N) is 1. The van der Waals surface area contributed by atoms with Crippen LogP contribution in [0, 0.1) is 11.8 Å². The Morgan fingerprint density at radius 1 is 0.737 bits per heavy atom. The van der Waals surface area contributed by atoms with Crippen LogP contribution in [-0.2, 0) is 48.2 Å². The van der Waals surface area contributed by atoms with E-state index in [0.29, 0.717) is 32.5 Å². The Morgan fingerprint density at radius 3 is 2.16 bits per heavy atom. The summed E-state index contributed by atoms with van der Waals surface area (Å²) in [5, 5.41) is 44.5.